The molecule has 0 aliphatic heterocycles. The number of nitrogens with two attached hydrogens (primary N) is 1. The number of amides is 1. The molecule has 12 heteroatoms. The molecule has 3 aromatic rings. The summed E-state index contributed by atoms with van der Waals surface area (Å²) in [5.74, 6) is -1.36. The summed E-state index contributed by atoms with van der Waals surface area (Å²) in [6.07, 6.45) is 1.45. The average Bonchev–Trinajstić information content (AvgIpc) is 2.98. The van der Waals surface area contributed by atoms with Gasteiger partial charge in [0.1, 0.15) is 11.9 Å². The van der Waals surface area contributed by atoms with Crippen molar-refractivity contribution in [2.24, 2.45) is 7.05 Å². The molecule has 0 aromatic carbocycles. The van der Waals surface area contributed by atoms with Gasteiger partial charge in [0.15, 0.2) is 17.3 Å². The zero-order chi connectivity index (χ0) is 19.6. The van der Waals surface area contributed by atoms with Gasteiger partial charge in [0.25, 0.3) is 0 Å². The molecule has 0 radical (unpaired) electrons. The topological polar surface area (TPSA) is 134 Å². The smallest absolute Gasteiger partial charge is 0.413 e. The van der Waals surface area contributed by atoms with Gasteiger partial charge in [-0.05, 0) is 13.0 Å². The Hall–Kier alpha value is -3.70. The number of aryl methyl sites for hydroxylation is 1. The maximum absolute atomic E-state index is 13.7. The predicted octanol–water partition coefficient (Wildman–Crippen LogP) is 1.84. The van der Waals surface area contributed by atoms with Crippen LogP contribution in [0.2, 0.25) is 0 Å². The molecule has 3 heterocycles. The highest BCUT2D eigenvalue weighted by atomic mass is 19.1. The van der Waals surface area contributed by atoms with Crippen molar-refractivity contribution in [1.82, 2.24) is 29.9 Å². The number of nitrogen functional groups attached to an aromatic ring is 1. The van der Waals surface area contributed by atoms with Gasteiger partial charge in [0, 0.05) is 7.05 Å². The molecule has 0 aliphatic rings. The molecule has 3 N–H and O–H groups in total. The number of anilines is 2. The van der Waals surface area contributed by atoms with Crippen molar-refractivity contribution in [2.75, 3.05) is 11.1 Å². The van der Waals surface area contributed by atoms with Crippen LogP contribution in [0.5, 0.6) is 0 Å². The zero-order valence-corrected chi connectivity index (χ0v) is 14.2. The highest BCUT2D eigenvalue weighted by Crippen LogP contribution is 2.24. The first-order valence-electron chi connectivity index (χ1n) is 7.61. The van der Waals surface area contributed by atoms with Gasteiger partial charge in [-0.2, -0.15) is 4.39 Å². The van der Waals surface area contributed by atoms with E-state index in [1.807, 2.05) is 0 Å². The van der Waals surface area contributed by atoms with E-state index in [-0.39, 0.29) is 22.9 Å². The summed E-state index contributed by atoms with van der Waals surface area (Å²) in [6.45, 7) is 1.38. The number of ether oxygens (including phenoxy) is 1. The number of hydrogen-bond acceptors (Lipinski definition) is 8. The molecule has 0 aliphatic carbocycles. The van der Waals surface area contributed by atoms with Crippen molar-refractivity contribution < 1.29 is 18.3 Å². The van der Waals surface area contributed by atoms with Gasteiger partial charge >= 0.3 is 6.09 Å². The van der Waals surface area contributed by atoms with Crippen molar-refractivity contribution in [3.05, 3.63) is 42.0 Å². The van der Waals surface area contributed by atoms with Crippen molar-refractivity contribution in [3.8, 4) is 11.5 Å². The van der Waals surface area contributed by atoms with Crippen LogP contribution in [0, 0.1) is 11.8 Å². The van der Waals surface area contributed by atoms with E-state index in [1.54, 1.807) is 0 Å². The van der Waals surface area contributed by atoms with E-state index in [0.29, 0.717) is 5.69 Å². The Kier molecular flexibility index (Phi) is 4.88. The predicted molar refractivity (Wildman–Crippen MR) is 89.1 cm³/mol. The average molecular weight is 376 g/mol. The Morgan fingerprint density at radius 2 is 1.96 bits per heavy atom. The molecule has 0 unspecified atom stereocenters. The second kappa shape index (κ2) is 7.27. The number of halogens is 2. The molecule has 10 nitrogen and oxygen atoms in total. The molecule has 0 spiro atoms. The number of hydrogen-bond donors (Lipinski definition) is 2. The molecule has 1 atom stereocenters. The number of carbonyl (C=O) groups excluding carboxylic acids is 1. The quantitative estimate of drug-likeness (QED) is 0.659. The number of nitrogens with zero attached hydrogens (tertiary/aromatic N) is 6. The first-order valence-corrected chi connectivity index (χ1v) is 7.61. The summed E-state index contributed by atoms with van der Waals surface area (Å²) < 4.78 is 33.3. The van der Waals surface area contributed by atoms with Crippen LogP contribution in [-0.2, 0) is 11.8 Å². The van der Waals surface area contributed by atoms with Gasteiger partial charge in [-0.1, -0.05) is 5.21 Å². The largest absolute Gasteiger partial charge is 0.441 e. The lowest BCUT2D eigenvalue weighted by Crippen LogP contribution is -2.19. The first-order chi connectivity index (χ1) is 12.8. The fourth-order valence-corrected chi connectivity index (χ4v) is 2.18. The minimum absolute atomic E-state index is 0.148. The summed E-state index contributed by atoms with van der Waals surface area (Å²) in [7, 11) is 1.53. The molecule has 0 fully saturated rings. The highest BCUT2D eigenvalue weighted by Gasteiger charge is 2.21. The third-order valence-corrected chi connectivity index (χ3v) is 3.49. The van der Waals surface area contributed by atoms with Gasteiger partial charge in [0.05, 0.1) is 29.8 Å². The number of rotatable bonds is 4. The van der Waals surface area contributed by atoms with Crippen molar-refractivity contribution in [3.63, 3.8) is 0 Å². The molecule has 140 valence electrons. The van der Waals surface area contributed by atoms with Crippen LogP contribution in [-0.4, -0.2) is 36.0 Å². The Labute approximate surface area is 151 Å². The number of nitrogens with one attached hydrogen (secondary N) is 1. The maximum atomic E-state index is 13.7. The fourth-order valence-electron chi connectivity index (χ4n) is 2.18. The molecule has 0 bridgehead atoms. The van der Waals surface area contributed by atoms with E-state index in [4.69, 9.17) is 10.5 Å². The normalized spacial score (nSPS) is 11.9. The minimum atomic E-state index is -1.09. The van der Waals surface area contributed by atoms with Crippen LogP contribution in [0.15, 0.2) is 24.7 Å². The van der Waals surface area contributed by atoms with Crippen molar-refractivity contribution >= 4 is 17.6 Å². The van der Waals surface area contributed by atoms with Crippen LogP contribution in [0.3, 0.4) is 0 Å². The van der Waals surface area contributed by atoms with E-state index in [2.05, 4.69) is 30.6 Å². The van der Waals surface area contributed by atoms with Crippen LogP contribution in [0.25, 0.3) is 11.5 Å². The summed E-state index contributed by atoms with van der Waals surface area (Å²) in [5, 5.41) is 10.1. The molecular weight excluding hydrogens is 362 g/mol. The molecule has 3 aromatic heterocycles. The Morgan fingerprint density at radius 1 is 1.26 bits per heavy atom. The Bertz CT molecular complexity index is 976. The van der Waals surface area contributed by atoms with Gasteiger partial charge in [-0.3, -0.25) is 5.32 Å². The molecule has 0 saturated heterocycles. The van der Waals surface area contributed by atoms with Crippen LogP contribution in [0.1, 0.15) is 18.6 Å². The minimum Gasteiger partial charge on any atom is -0.441 e. The van der Waals surface area contributed by atoms with Gasteiger partial charge < -0.3 is 10.5 Å². The molecule has 0 saturated carbocycles. The molecule has 3 rings (SSSR count). The molecular formula is C15H14F2N8O2. The number of aromatic nitrogens is 6. The first kappa shape index (κ1) is 18.1. The second-order valence-corrected chi connectivity index (χ2v) is 5.46. The van der Waals surface area contributed by atoms with E-state index in [1.165, 1.54) is 31.0 Å². The SMILES string of the molecule is C[C@@H](OC(=O)Nc1c(-c2ncc(N)cn2)nnn1C)c1cc(F)cnc1F. The second-order valence-electron chi connectivity index (χ2n) is 5.46. The lowest BCUT2D eigenvalue weighted by atomic mass is 10.2. The van der Waals surface area contributed by atoms with Gasteiger partial charge in [0.2, 0.25) is 5.95 Å². The lowest BCUT2D eigenvalue weighted by molar-refractivity contribution is 0.118. The van der Waals surface area contributed by atoms with Crippen molar-refractivity contribution in [1.29, 1.82) is 0 Å². The Balaban J connectivity index is 1.77. The van der Waals surface area contributed by atoms with Crippen LogP contribution < -0.4 is 11.1 Å². The molecule has 27 heavy (non-hydrogen) atoms. The standard InChI is InChI=1S/C15H14F2N8O2/c1-7(10-3-8(16)4-19-12(10)17)27-15(26)22-14-11(23-24-25(14)2)13-20-5-9(18)6-21-13/h3-7H,18H2,1-2H3,(H,22,26)/t7-/m1/s1. The zero-order valence-electron chi connectivity index (χ0n) is 14.2. The summed E-state index contributed by atoms with van der Waals surface area (Å²) in [4.78, 5) is 23.5. The summed E-state index contributed by atoms with van der Waals surface area (Å²) in [5.41, 5.74) is 5.88. The van der Waals surface area contributed by atoms with Crippen LogP contribution >= 0.6 is 0 Å². The third kappa shape index (κ3) is 3.94. The summed E-state index contributed by atoms with van der Waals surface area (Å²) >= 11 is 0. The number of pyridine rings is 1. The molecule has 1 amide bonds. The Morgan fingerprint density at radius 3 is 2.67 bits per heavy atom. The van der Waals surface area contributed by atoms with E-state index >= 15 is 0 Å². The maximum Gasteiger partial charge on any atom is 0.413 e. The monoisotopic (exact) mass is 376 g/mol. The van der Waals surface area contributed by atoms with Crippen molar-refractivity contribution in [2.45, 2.75) is 13.0 Å². The van der Waals surface area contributed by atoms with E-state index in [0.717, 1.165) is 12.3 Å². The van der Waals surface area contributed by atoms with Gasteiger partial charge in [-0.15, -0.1) is 5.10 Å². The lowest BCUT2D eigenvalue weighted by Gasteiger charge is -2.14. The number of carbonyl (C=O) groups is 1. The van der Waals surface area contributed by atoms with Crippen LogP contribution in [0.4, 0.5) is 25.1 Å². The highest BCUT2D eigenvalue weighted by molar-refractivity contribution is 5.87. The fraction of sp³-hybridized carbons (Fsp3) is 0.200. The van der Waals surface area contributed by atoms with Gasteiger partial charge in [-0.25, -0.2) is 28.8 Å². The summed E-state index contributed by atoms with van der Waals surface area (Å²) in [6, 6.07) is 0.902. The third-order valence-electron chi connectivity index (χ3n) is 3.49. The van der Waals surface area contributed by atoms with E-state index in [9.17, 15) is 13.6 Å². The van der Waals surface area contributed by atoms with E-state index < -0.39 is 24.0 Å².